The predicted octanol–water partition coefficient (Wildman–Crippen LogP) is 2.22. The van der Waals surface area contributed by atoms with E-state index in [1.54, 1.807) is 12.4 Å². The van der Waals surface area contributed by atoms with Crippen LogP contribution in [-0.2, 0) is 6.54 Å². The lowest BCUT2D eigenvalue weighted by molar-refractivity contribution is 0.926. The van der Waals surface area contributed by atoms with E-state index >= 15 is 0 Å². The third-order valence-electron chi connectivity index (χ3n) is 2.94. The van der Waals surface area contributed by atoms with Crippen molar-refractivity contribution >= 4 is 22.1 Å². The van der Waals surface area contributed by atoms with Gasteiger partial charge in [0.1, 0.15) is 0 Å². The van der Waals surface area contributed by atoms with Crippen LogP contribution in [0.3, 0.4) is 0 Å². The number of benzene rings is 1. The zero-order valence-electron chi connectivity index (χ0n) is 10.2. The number of aromatic nitrogens is 3. The molecule has 3 rings (SSSR count). The van der Waals surface area contributed by atoms with Crippen molar-refractivity contribution < 1.29 is 0 Å². The molecule has 0 atom stereocenters. The summed E-state index contributed by atoms with van der Waals surface area (Å²) in [5.74, 6) is 0. The lowest BCUT2D eigenvalue weighted by atomic mass is 10.1. The van der Waals surface area contributed by atoms with Gasteiger partial charge in [-0.05, 0) is 30.3 Å². The Bertz CT molecular complexity index is 697. The van der Waals surface area contributed by atoms with Gasteiger partial charge in [0.05, 0.1) is 12.2 Å². The fraction of sp³-hybridized carbons (Fsp3) is 0.0714. The van der Waals surface area contributed by atoms with Crippen LogP contribution in [0.25, 0.3) is 10.8 Å². The summed E-state index contributed by atoms with van der Waals surface area (Å²) in [4.78, 5) is 4.15. The lowest BCUT2D eigenvalue weighted by Crippen LogP contribution is -2.03. The van der Waals surface area contributed by atoms with Crippen molar-refractivity contribution in [1.29, 1.82) is 0 Å². The van der Waals surface area contributed by atoms with E-state index in [1.807, 2.05) is 36.5 Å². The maximum Gasteiger partial charge on any atom is 0.0821 e. The Morgan fingerprint density at radius 2 is 2.00 bits per heavy atom. The molecule has 0 fully saturated rings. The largest absolute Gasteiger partial charge is 0.398 e. The molecular weight excluding hydrogens is 238 g/mol. The van der Waals surface area contributed by atoms with Crippen molar-refractivity contribution in [1.82, 2.24) is 15.2 Å². The summed E-state index contributed by atoms with van der Waals surface area (Å²) in [7, 11) is 0. The first-order chi connectivity index (χ1) is 9.34. The standard InChI is InChI=1S/C14H13N5/c15-13-3-4-14(12-9-16-7-5-11(12)13)17-8-10-2-1-6-18-19-10/h1-7,9,17H,8,15H2. The van der Waals surface area contributed by atoms with E-state index in [0.29, 0.717) is 6.54 Å². The van der Waals surface area contributed by atoms with Crippen molar-refractivity contribution in [3.8, 4) is 0 Å². The van der Waals surface area contributed by atoms with Gasteiger partial charge in [-0.3, -0.25) is 4.98 Å². The fourth-order valence-corrected chi connectivity index (χ4v) is 1.98. The minimum Gasteiger partial charge on any atom is -0.398 e. The molecule has 19 heavy (non-hydrogen) atoms. The Hall–Kier alpha value is -2.69. The summed E-state index contributed by atoms with van der Waals surface area (Å²) >= 11 is 0. The molecule has 2 heterocycles. The Kier molecular flexibility index (Phi) is 2.94. The molecule has 0 radical (unpaired) electrons. The first-order valence-corrected chi connectivity index (χ1v) is 5.97. The highest BCUT2D eigenvalue weighted by Crippen LogP contribution is 2.27. The number of hydrogen-bond acceptors (Lipinski definition) is 5. The van der Waals surface area contributed by atoms with E-state index in [4.69, 9.17) is 5.73 Å². The summed E-state index contributed by atoms with van der Waals surface area (Å²) in [5.41, 5.74) is 8.58. The quantitative estimate of drug-likeness (QED) is 0.698. The normalized spacial score (nSPS) is 10.5. The third-order valence-corrected chi connectivity index (χ3v) is 2.94. The Morgan fingerprint density at radius 3 is 2.84 bits per heavy atom. The summed E-state index contributed by atoms with van der Waals surface area (Å²) in [6.45, 7) is 0.613. The molecule has 3 aromatic rings. The van der Waals surface area contributed by atoms with Gasteiger partial charge in [-0.25, -0.2) is 0 Å². The number of nitrogens with one attached hydrogen (secondary N) is 1. The van der Waals surface area contributed by atoms with Crippen molar-refractivity contribution in [3.05, 3.63) is 54.6 Å². The molecule has 0 spiro atoms. The molecule has 5 nitrogen and oxygen atoms in total. The number of nitrogens with two attached hydrogens (primary N) is 1. The minimum atomic E-state index is 0.613. The molecule has 0 aliphatic heterocycles. The second-order valence-electron chi connectivity index (χ2n) is 4.19. The maximum atomic E-state index is 5.95. The molecule has 0 aliphatic carbocycles. The average molecular weight is 251 g/mol. The van der Waals surface area contributed by atoms with Crippen LogP contribution < -0.4 is 11.1 Å². The molecule has 1 aromatic carbocycles. The Morgan fingerprint density at radius 1 is 1.05 bits per heavy atom. The van der Waals surface area contributed by atoms with Gasteiger partial charge in [-0.1, -0.05) is 0 Å². The average Bonchev–Trinajstić information content (AvgIpc) is 2.48. The van der Waals surface area contributed by atoms with Crippen LogP contribution in [-0.4, -0.2) is 15.2 Å². The van der Waals surface area contributed by atoms with Crippen molar-refractivity contribution in [3.63, 3.8) is 0 Å². The highest BCUT2D eigenvalue weighted by molar-refractivity contribution is 6.00. The van der Waals surface area contributed by atoms with Crippen molar-refractivity contribution in [2.75, 3.05) is 11.1 Å². The summed E-state index contributed by atoms with van der Waals surface area (Å²) in [5, 5.41) is 13.2. The number of nitrogens with zero attached hydrogens (tertiary/aromatic N) is 3. The molecule has 0 aliphatic rings. The lowest BCUT2D eigenvalue weighted by Gasteiger charge is -2.10. The van der Waals surface area contributed by atoms with Crippen LogP contribution in [0.1, 0.15) is 5.69 Å². The van der Waals surface area contributed by atoms with Gasteiger partial charge < -0.3 is 11.1 Å². The highest BCUT2D eigenvalue weighted by atomic mass is 15.1. The van der Waals surface area contributed by atoms with Crippen LogP contribution in [0, 0.1) is 0 Å². The molecule has 94 valence electrons. The molecule has 0 bridgehead atoms. The number of anilines is 2. The van der Waals surface area contributed by atoms with Crippen LogP contribution in [0.2, 0.25) is 0 Å². The maximum absolute atomic E-state index is 5.95. The zero-order valence-corrected chi connectivity index (χ0v) is 10.2. The van der Waals surface area contributed by atoms with Gasteiger partial charge in [0.25, 0.3) is 0 Å². The van der Waals surface area contributed by atoms with Crippen LogP contribution >= 0.6 is 0 Å². The van der Waals surface area contributed by atoms with Crippen molar-refractivity contribution in [2.45, 2.75) is 6.54 Å². The molecule has 0 saturated carbocycles. The van der Waals surface area contributed by atoms with Gasteiger partial charge in [0.2, 0.25) is 0 Å². The fourth-order valence-electron chi connectivity index (χ4n) is 1.98. The molecule has 0 amide bonds. The summed E-state index contributed by atoms with van der Waals surface area (Å²) in [6, 6.07) is 9.56. The van der Waals surface area contributed by atoms with E-state index in [9.17, 15) is 0 Å². The number of hydrogen-bond donors (Lipinski definition) is 2. The molecular formula is C14H13N5. The van der Waals surface area contributed by atoms with Gasteiger partial charge in [0, 0.05) is 40.7 Å². The Balaban J connectivity index is 1.91. The predicted molar refractivity (Wildman–Crippen MR) is 75.5 cm³/mol. The van der Waals surface area contributed by atoms with Gasteiger partial charge in [-0.15, -0.1) is 0 Å². The Labute approximate surface area is 110 Å². The van der Waals surface area contributed by atoms with Crippen LogP contribution in [0.15, 0.2) is 48.9 Å². The smallest absolute Gasteiger partial charge is 0.0821 e. The zero-order chi connectivity index (χ0) is 13.1. The first-order valence-electron chi connectivity index (χ1n) is 5.97. The second-order valence-corrected chi connectivity index (χ2v) is 4.19. The topological polar surface area (TPSA) is 76.7 Å². The molecule has 5 heteroatoms. The van der Waals surface area contributed by atoms with Crippen LogP contribution in [0.5, 0.6) is 0 Å². The molecule has 0 unspecified atom stereocenters. The highest BCUT2D eigenvalue weighted by Gasteiger charge is 2.04. The molecule has 2 aromatic heterocycles. The summed E-state index contributed by atoms with van der Waals surface area (Å²) in [6.07, 6.45) is 5.21. The number of rotatable bonds is 3. The van der Waals surface area contributed by atoms with E-state index < -0.39 is 0 Å². The monoisotopic (exact) mass is 251 g/mol. The van der Waals surface area contributed by atoms with E-state index in [2.05, 4.69) is 20.5 Å². The summed E-state index contributed by atoms with van der Waals surface area (Å²) < 4.78 is 0. The van der Waals surface area contributed by atoms with Gasteiger partial charge in [-0.2, -0.15) is 10.2 Å². The van der Waals surface area contributed by atoms with Crippen LogP contribution in [0.4, 0.5) is 11.4 Å². The van der Waals surface area contributed by atoms with Gasteiger partial charge in [0.15, 0.2) is 0 Å². The van der Waals surface area contributed by atoms with E-state index in [1.165, 1.54) is 0 Å². The van der Waals surface area contributed by atoms with Gasteiger partial charge >= 0.3 is 0 Å². The first kappa shape index (κ1) is 11.4. The SMILES string of the molecule is Nc1ccc(NCc2cccnn2)c2cnccc12. The number of fused-ring (bicyclic) bond motifs is 1. The third kappa shape index (κ3) is 2.30. The molecule has 3 N–H and O–H groups in total. The number of pyridine rings is 1. The second kappa shape index (κ2) is 4.89. The van der Waals surface area contributed by atoms with Crippen molar-refractivity contribution in [2.24, 2.45) is 0 Å². The minimum absolute atomic E-state index is 0.613. The van der Waals surface area contributed by atoms with E-state index in [0.717, 1.165) is 27.8 Å². The molecule has 0 saturated heterocycles. The van der Waals surface area contributed by atoms with E-state index in [-0.39, 0.29) is 0 Å². The number of nitrogen functional groups attached to an aromatic ring is 1.